The molecule has 0 saturated carbocycles. The lowest BCUT2D eigenvalue weighted by molar-refractivity contribution is 0.829. The smallest absolute Gasteiger partial charge is 0.0414 e. The predicted molar refractivity (Wildman–Crippen MR) is 87.1 cm³/mol. The quantitative estimate of drug-likeness (QED) is 0.879. The Hall–Kier alpha value is -1.96. The summed E-state index contributed by atoms with van der Waals surface area (Å²) in [6.07, 6.45) is 2.41. The fraction of sp³-hybridized carbons (Fsp3) is 0.333. The molecule has 1 aliphatic heterocycles. The molecule has 2 nitrogen and oxygen atoms in total. The predicted octanol–water partition coefficient (Wildman–Crippen LogP) is 4.51. The second-order valence-electron chi connectivity index (χ2n) is 5.46. The fourth-order valence-corrected chi connectivity index (χ4v) is 2.94. The maximum Gasteiger partial charge on any atom is 0.0414 e. The highest BCUT2D eigenvalue weighted by molar-refractivity contribution is 5.68. The zero-order valence-corrected chi connectivity index (χ0v) is 12.3. The van der Waals surface area contributed by atoms with Crippen molar-refractivity contribution in [3.05, 3.63) is 53.6 Å². The van der Waals surface area contributed by atoms with Crippen LogP contribution in [0, 0.1) is 6.92 Å². The van der Waals surface area contributed by atoms with E-state index < -0.39 is 0 Å². The Labute approximate surface area is 121 Å². The zero-order chi connectivity index (χ0) is 13.9. The first-order chi connectivity index (χ1) is 9.78. The van der Waals surface area contributed by atoms with Crippen LogP contribution in [-0.4, -0.2) is 13.1 Å². The van der Waals surface area contributed by atoms with Crippen molar-refractivity contribution >= 4 is 17.1 Å². The number of nitrogens with one attached hydrogen (secondary N) is 1. The van der Waals surface area contributed by atoms with E-state index in [0.717, 1.165) is 13.1 Å². The first-order valence-electron chi connectivity index (χ1n) is 7.49. The highest BCUT2D eigenvalue weighted by atomic mass is 15.1. The van der Waals surface area contributed by atoms with Gasteiger partial charge < -0.3 is 10.2 Å². The van der Waals surface area contributed by atoms with Gasteiger partial charge in [0.1, 0.15) is 0 Å². The SMILES string of the molecule is CCN(c1cccc(C)c1)c1ccc2c(c1)CCCN2. The van der Waals surface area contributed by atoms with Crippen LogP contribution >= 0.6 is 0 Å². The van der Waals surface area contributed by atoms with E-state index in [2.05, 4.69) is 66.5 Å². The summed E-state index contributed by atoms with van der Waals surface area (Å²) in [5.74, 6) is 0. The van der Waals surface area contributed by atoms with Gasteiger partial charge in [-0.3, -0.25) is 0 Å². The van der Waals surface area contributed by atoms with E-state index in [-0.39, 0.29) is 0 Å². The Morgan fingerprint density at radius 1 is 1.10 bits per heavy atom. The van der Waals surface area contributed by atoms with Crippen LogP contribution in [0.2, 0.25) is 0 Å². The minimum absolute atomic E-state index is 0.982. The highest BCUT2D eigenvalue weighted by Gasteiger charge is 2.12. The second kappa shape index (κ2) is 5.58. The Kier molecular flexibility index (Phi) is 3.64. The second-order valence-corrected chi connectivity index (χ2v) is 5.46. The lowest BCUT2D eigenvalue weighted by Crippen LogP contribution is -2.18. The van der Waals surface area contributed by atoms with Crippen LogP contribution in [0.3, 0.4) is 0 Å². The normalized spacial score (nSPS) is 13.5. The summed E-state index contributed by atoms with van der Waals surface area (Å²) in [5.41, 5.74) is 6.62. The minimum atomic E-state index is 0.982. The molecule has 0 aliphatic carbocycles. The highest BCUT2D eigenvalue weighted by Crippen LogP contribution is 2.31. The molecule has 0 bridgehead atoms. The van der Waals surface area contributed by atoms with Gasteiger partial charge in [0.25, 0.3) is 0 Å². The topological polar surface area (TPSA) is 15.3 Å². The van der Waals surface area contributed by atoms with Crippen molar-refractivity contribution in [2.24, 2.45) is 0 Å². The summed E-state index contributed by atoms with van der Waals surface area (Å²) in [5, 5.41) is 3.48. The van der Waals surface area contributed by atoms with Crippen molar-refractivity contribution in [2.45, 2.75) is 26.7 Å². The first kappa shape index (κ1) is 13.0. The summed E-state index contributed by atoms with van der Waals surface area (Å²) in [7, 11) is 0. The molecule has 3 rings (SSSR count). The molecule has 1 aliphatic rings. The third kappa shape index (κ3) is 2.51. The molecular formula is C18H22N2. The van der Waals surface area contributed by atoms with Gasteiger partial charge in [-0.25, -0.2) is 0 Å². The largest absolute Gasteiger partial charge is 0.385 e. The molecule has 2 heteroatoms. The molecule has 20 heavy (non-hydrogen) atoms. The molecule has 0 atom stereocenters. The van der Waals surface area contributed by atoms with Crippen LogP contribution < -0.4 is 10.2 Å². The van der Waals surface area contributed by atoms with E-state index in [9.17, 15) is 0 Å². The minimum Gasteiger partial charge on any atom is -0.385 e. The van der Waals surface area contributed by atoms with Gasteiger partial charge in [0.05, 0.1) is 0 Å². The van der Waals surface area contributed by atoms with Crippen molar-refractivity contribution < 1.29 is 0 Å². The Bertz CT molecular complexity index is 604. The van der Waals surface area contributed by atoms with Gasteiger partial charge in [0.2, 0.25) is 0 Å². The summed E-state index contributed by atoms with van der Waals surface area (Å²) in [4.78, 5) is 2.38. The standard InChI is InChI=1S/C18H22N2/c1-3-20(16-8-4-6-14(2)12-16)17-9-10-18-15(13-17)7-5-11-19-18/h4,6,8-10,12-13,19H,3,5,7,11H2,1-2H3. The maximum atomic E-state index is 3.48. The van der Waals surface area contributed by atoms with Gasteiger partial charge >= 0.3 is 0 Å². The molecular weight excluding hydrogens is 244 g/mol. The summed E-state index contributed by atoms with van der Waals surface area (Å²) >= 11 is 0. The van der Waals surface area contributed by atoms with Crippen molar-refractivity contribution in [3.8, 4) is 0 Å². The maximum absolute atomic E-state index is 3.48. The van der Waals surface area contributed by atoms with Crippen LogP contribution in [0.5, 0.6) is 0 Å². The van der Waals surface area contributed by atoms with Crippen molar-refractivity contribution in [1.29, 1.82) is 0 Å². The molecule has 2 aromatic rings. The molecule has 2 aromatic carbocycles. The average molecular weight is 266 g/mol. The molecule has 0 aromatic heterocycles. The van der Waals surface area contributed by atoms with Gasteiger partial charge in [0, 0.05) is 30.2 Å². The third-order valence-electron chi connectivity index (χ3n) is 3.97. The van der Waals surface area contributed by atoms with Crippen molar-refractivity contribution in [2.75, 3.05) is 23.3 Å². The van der Waals surface area contributed by atoms with E-state index in [1.165, 1.54) is 41.0 Å². The van der Waals surface area contributed by atoms with Gasteiger partial charge in [0.15, 0.2) is 0 Å². The van der Waals surface area contributed by atoms with Crippen LogP contribution in [0.1, 0.15) is 24.5 Å². The number of nitrogens with zero attached hydrogens (tertiary/aromatic N) is 1. The summed E-state index contributed by atoms with van der Waals surface area (Å²) in [6, 6.07) is 15.5. The number of fused-ring (bicyclic) bond motifs is 1. The molecule has 0 fully saturated rings. The van der Waals surface area contributed by atoms with E-state index >= 15 is 0 Å². The number of aryl methyl sites for hydroxylation is 2. The number of rotatable bonds is 3. The molecule has 1 heterocycles. The van der Waals surface area contributed by atoms with Gasteiger partial charge in [-0.1, -0.05) is 12.1 Å². The van der Waals surface area contributed by atoms with Gasteiger partial charge in [-0.05, 0) is 68.1 Å². The number of benzene rings is 2. The van der Waals surface area contributed by atoms with Gasteiger partial charge in [-0.15, -0.1) is 0 Å². The van der Waals surface area contributed by atoms with E-state index in [4.69, 9.17) is 0 Å². The fourth-order valence-electron chi connectivity index (χ4n) is 2.94. The molecule has 1 N–H and O–H groups in total. The average Bonchev–Trinajstić information content (AvgIpc) is 2.48. The van der Waals surface area contributed by atoms with E-state index in [1.54, 1.807) is 0 Å². The number of hydrogen-bond donors (Lipinski definition) is 1. The van der Waals surface area contributed by atoms with Crippen molar-refractivity contribution in [1.82, 2.24) is 0 Å². The van der Waals surface area contributed by atoms with Crippen LogP contribution in [0.25, 0.3) is 0 Å². The molecule has 0 radical (unpaired) electrons. The number of anilines is 3. The zero-order valence-electron chi connectivity index (χ0n) is 12.3. The van der Waals surface area contributed by atoms with Crippen LogP contribution in [0.15, 0.2) is 42.5 Å². The Balaban J connectivity index is 1.97. The van der Waals surface area contributed by atoms with Crippen LogP contribution in [-0.2, 0) is 6.42 Å². The molecule has 0 spiro atoms. The molecule has 0 saturated heterocycles. The lowest BCUT2D eigenvalue weighted by atomic mass is 10.0. The van der Waals surface area contributed by atoms with E-state index in [0.29, 0.717) is 0 Å². The monoisotopic (exact) mass is 266 g/mol. The van der Waals surface area contributed by atoms with E-state index in [1.807, 2.05) is 0 Å². The Morgan fingerprint density at radius 3 is 2.75 bits per heavy atom. The number of hydrogen-bond acceptors (Lipinski definition) is 2. The summed E-state index contributed by atoms with van der Waals surface area (Å²) < 4.78 is 0. The van der Waals surface area contributed by atoms with Gasteiger partial charge in [-0.2, -0.15) is 0 Å². The molecule has 0 amide bonds. The van der Waals surface area contributed by atoms with Crippen LogP contribution in [0.4, 0.5) is 17.1 Å². The Morgan fingerprint density at radius 2 is 1.95 bits per heavy atom. The van der Waals surface area contributed by atoms with Crippen molar-refractivity contribution in [3.63, 3.8) is 0 Å². The summed E-state index contributed by atoms with van der Waals surface area (Å²) in [6.45, 7) is 6.44. The molecule has 0 unspecified atom stereocenters. The third-order valence-corrected chi connectivity index (χ3v) is 3.97. The molecule has 104 valence electrons. The first-order valence-corrected chi connectivity index (χ1v) is 7.49. The lowest BCUT2D eigenvalue weighted by Gasteiger charge is -2.26.